The largest absolute Gasteiger partial charge is 0.504 e. The van der Waals surface area contributed by atoms with Crippen LogP contribution >= 0.6 is 23.2 Å². The van der Waals surface area contributed by atoms with Crippen LogP contribution in [0.25, 0.3) is 0 Å². The third kappa shape index (κ3) is 12.2. The van der Waals surface area contributed by atoms with Gasteiger partial charge in [0.15, 0.2) is 12.0 Å². The van der Waals surface area contributed by atoms with Gasteiger partial charge >= 0.3 is 0 Å². The number of nitrogens with one attached hydrogen (secondary N) is 1. The quantitative estimate of drug-likeness (QED) is 0.0979. The first-order valence-electron chi connectivity index (χ1n) is 14.7. The molecule has 0 aliphatic carbocycles. The van der Waals surface area contributed by atoms with Gasteiger partial charge in [-0.3, -0.25) is 0 Å². The smallest absolute Gasteiger partial charge is 0.170 e. The molecule has 1 unspecified atom stereocenters. The summed E-state index contributed by atoms with van der Waals surface area (Å²) in [6.07, 6.45) is 20.3. The predicted octanol–water partition coefficient (Wildman–Crippen LogP) is 11.3. The van der Waals surface area contributed by atoms with Crippen molar-refractivity contribution in [1.29, 1.82) is 0 Å². The number of hydrogen-bond acceptors (Lipinski definition) is 3. The second kappa shape index (κ2) is 18.6. The van der Waals surface area contributed by atoms with Crippen LogP contribution in [-0.2, 0) is 6.42 Å². The zero-order chi connectivity index (χ0) is 26.9. The maximum Gasteiger partial charge on any atom is 0.170 e. The van der Waals surface area contributed by atoms with Gasteiger partial charge in [0.2, 0.25) is 0 Å². The molecule has 3 nitrogen and oxygen atoms in total. The van der Waals surface area contributed by atoms with Gasteiger partial charge in [-0.1, -0.05) is 133 Å². The molecule has 0 radical (unpaired) electrons. The fourth-order valence-electron chi connectivity index (χ4n) is 4.70. The predicted molar refractivity (Wildman–Crippen MR) is 162 cm³/mol. The minimum absolute atomic E-state index is 0.00410. The Morgan fingerprint density at radius 1 is 0.811 bits per heavy atom. The van der Waals surface area contributed by atoms with E-state index in [1.165, 1.54) is 89.0 Å². The van der Waals surface area contributed by atoms with Crippen LogP contribution in [0, 0.1) is 6.92 Å². The molecule has 2 rings (SSSR count). The first-order chi connectivity index (χ1) is 18.0. The Kier molecular flexibility index (Phi) is 15.9. The van der Waals surface area contributed by atoms with Crippen molar-refractivity contribution in [2.45, 2.75) is 130 Å². The molecule has 0 heterocycles. The summed E-state index contributed by atoms with van der Waals surface area (Å²) < 4.78 is 6.27. The standard InChI is InChI=1S/C32H49Cl2NO2/c1-4-6-7-8-9-10-11-12-13-14-15-16-17-20-26-21-18-22-27(23-26)37-30(19-5-2)35-29-24-28(33)25(3)31(34)32(29)36/h18,21-24,30,35-36H,4-17,19-20H2,1-3H3. The highest BCUT2D eigenvalue weighted by molar-refractivity contribution is 6.37. The number of phenolic OH excluding ortho intramolecular Hbond substituents is 1. The highest BCUT2D eigenvalue weighted by atomic mass is 35.5. The van der Waals surface area contributed by atoms with Gasteiger partial charge in [-0.15, -0.1) is 0 Å². The summed E-state index contributed by atoms with van der Waals surface area (Å²) in [7, 11) is 0. The molecule has 2 N–H and O–H groups in total. The minimum Gasteiger partial charge on any atom is -0.504 e. The molecule has 0 aliphatic heterocycles. The van der Waals surface area contributed by atoms with Crippen molar-refractivity contribution in [3.63, 3.8) is 0 Å². The van der Waals surface area contributed by atoms with Crippen molar-refractivity contribution >= 4 is 28.9 Å². The van der Waals surface area contributed by atoms with E-state index in [9.17, 15) is 5.11 Å². The van der Waals surface area contributed by atoms with E-state index in [2.05, 4.69) is 37.4 Å². The summed E-state index contributed by atoms with van der Waals surface area (Å²) in [5, 5.41) is 14.5. The lowest BCUT2D eigenvalue weighted by molar-refractivity contribution is 0.217. The van der Waals surface area contributed by atoms with Crippen LogP contribution in [0.5, 0.6) is 11.5 Å². The van der Waals surface area contributed by atoms with Crippen LogP contribution in [0.2, 0.25) is 10.0 Å². The molecule has 1 atom stereocenters. The zero-order valence-electron chi connectivity index (χ0n) is 23.4. The molecule has 0 fully saturated rings. The number of phenols is 1. The highest BCUT2D eigenvalue weighted by Gasteiger charge is 2.17. The molecule has 0 saturated carbocycles. The fourth-order valence-corrected chi connectivity index (χ4v) is 5.15. The molecular weight excluding hydrogens is 501 g/mol. The van der Waals surface area contributed by atoms with Gasteiger partial charge in [0.1, 0.15) is 5.75 Å². The number of aromatic hydroxyl groups is 1. The second-order valence-corrected chi connectivity index (χ2v) is 11.2. The second-order valence-electron chi connectivity index (χ2n) is 10.4. The Labute approximate surface area is 236 Å². The minimum atomic E-state index is -0.294. The molecule has 5 heteroatoms. The third-order valence-corrected chi connectivity index (χ3v) is 7.89. The first kappa shape index (κ1) is 31.6. The van der Waals surface area contributed by atoms with Gasteiger partial charge in [-0.25, -0.2) is 0 Å². The van der Waals surface area contributed by atoms with Gasteiger partial charge in [0.05, 0.1) is 10.7 Å². The molecule has 0 aromatic heterocycles. The highest BCUT2D eigenvalue weighted by Crippen LogP contribution is 2.39. The van der Waals surface area contributed by atoms with Gasteiger partial charge in [0.25, 0.3) is 0 Å². The number of unbranched alkanes of at least 4 members (excludes halogenated alkanes) is 12. The Morgan fingerprint density at radius 3 is 2.00 bits per heavy atom. The number of ether oxygens (including phenoxy) is 1. The molecule has 0 spiro atoms. The maximum absolute atomic E-state index is 10.5. The van der Waals surface area contributed by atoms with E-state index in [1.807, 2.05) is 6.07 Å². The van der Waals surface area contributed by atoms with Crippen molar-refractivity contribution in [1.82, 2.24) is 0 Å². The SMILES string of the molecule is CCCCCCCCCCCCCCCc1cccc(OC(CCC)Nc2cc(Cl)c(C)c(Cl)c2O)c1. The van der Waals surface area contributed by atoms with Gasteiger partial charge in [-0.2, -0.15) is 0 Å². The number of anilines is 1. The van der Waals surface area contributed by atoms with E-state index < -0.39 is 0 Å². The summed E-state index contributed by atoms with van der Waals surface area (Å²) in [5.74, 6) is 0.839. The van der Waals surface area contributed by atoms with Gasteiger partial charge < -0.3 is 15.2 Å². The molecule has 2 aromatic carbocycles. The summed E-state index contributed by atoms with van der Waals surface area (Å²) in [4.78, 5) is 0. The topological polar surface area (TPSA) is 41.5 Å². The third-order valence-electron chi connectivity index (χ3n) is 7.03. The molecule has 37 heavy (non-hydrogen) atoms. The number of halogens is 2. The Hall–Kier alpha value is -1.58. The maximum atomic E-state index is 10.5. The van der Waals surface area contributed by atoms with Crippen LogP contribution in [0.4, 0.5) is 5.69 Å². The van der Waals surface area contributed by atoms with Crippen LogP contribution in [0.15, 0.2) is 30.3 Å². The van der Waals surface area contributed by atoms with Crippen molar-refractivity contribution in [2.24, 2.45) is 0 Å². The Balaban J connectivity index is 1.71. The lowest BCUT2D eigenvalue weighted by Crippen LogP contribution is -2.26. The van der Waals surface area contributed by atoms with Crippen molar-refractivity contribution in [3.8, 4) is 11.5 Å². The van der Waals surface area contributed by atoms with Crippen LogP contribution < -0.4 is 10.1 Å². The van der Waals surface area contributed by atoms with Crippen molar-refractivity contribution < 1.29 is 9.84 Å². The molecule has 0 amide bonds. The molecule has 0 aliphatic rings. The van der Waals surface area contributed by atoms with E-state index in [1.54, 1.807) is 13.0 Å². The summed E-state index contributed by atoms with van der Waals surface area (Å²) in [6.45, 7) is 6.18. The Bertz CT molecular complexity index is 903. The van der Waals surface area contributed by atoms with E-state index in [4.69, 9.17) is 27.9 Å². The number of hydrogen-bond donors (Lipinski definition) is 2. The zero-order valence-corrected chi connectivity index (χ0v) is 24.9. The van der Waals surface area contributed by atoms with Crippen LogP contribution in [0.3, 0.4) is 0 Å². The lowest BCUT2D eigenvalue weighted by Gasteiger charge is -2.23. The first-order valence-corrected chi connectivity index (χ1v) is 15.4. The molecule has 0 bridgehead atoms. The molecule has 208 valence electrons. The lowest BCUT2D eigenvalue weighted by atomic mass is 10.0. The van der Waals surface area contributed by atoms with Crippen LogP contribution in [-0.4, -0.2) is 11.3 Å². The van der Waals surface area contributed by atoms with Crippen molar-refractivity contribution in [3.05, 3.63) is 51.5 Å². The monoisotopic (exact) mass is 549 g/mol. The number of aryl methyl sites for hydroxylation is 1. The average Bonchev–Trinajstić information content (AvgIpc) is 2.89. The average molecular weight is 551 g/mol. The van der Waals surface area contributed by atoms with E-state index in [0.29, 0.717) is 16.3 Å². The van der Waals surface area contributed by atoms with Crippen LogP contribution in [0.1, 0.15) is 121 Å². The molecular formula is C32H49Cl2NO2. The number of rotatable bonds is 20. The van der Waals surface area contributed by atoms with E-state index in [-0.39, 0.29) is 17.0 Å². The molecule has 2 aromatic rings. The van der Waals surface area contributed by atoms with Crippen molar-refractivity contribution in [2.75, 3.05) is 5.32 Å². The van der Waals surface area contributed by atoms with Gasteiger partial charge in [-0.05, 0) is 49.1 Å². The fraction of sp³-hybridized carbons (Fsp3) is 0.625. The normalized spacial score (nSPS) is 12.0. The Morgan fingerprint density at radius 2 is 1.41 bits per heavy atom. The van der Waals surface area contributed by atoms with E-state index in [0.717, 1.165) is 25.0 Å². The van der Waals surface area contributed by atoms with E-state index >= 15 is 0 Å². The summed E-state index contributed by atoms with van der Waals surface area (Å²) >= 11 is 12.5. The van der Waals surface area contributed by atoms with Gasteiger partial charge in [0, 0.05) is 11.4 Å². The summed E-state index contributed by atoms with van der Waals surface area (Å²) in [5.41, 5.74) is 2.46. The molecule has 0 saturated heterocycles. The summed E-state index contributed by atoms with van der Waals surface area (Å²) in [6, 6.07) is 10.1. The number of benzene rings is 2.